The van der Waals surface area contributed by atoms with Crippen LogP contribution in [0.1, 0.15) is 24.8 Å². The fourth-order valence-electron chi connectivity index (χ4n) is 1.54. The van der Waals surface area contributed by atoms with Crippen LogP contribution in [0.5, 0.6) is 0 Å². The molecule has 0 heterocycles. The van der Waals surface area contributed by atoms with E-state index in [2.05, 4.69) is 5.32 Å². The molecule has 0 aliphatic carbocycles. The van der Waals surface area contributed by atoms with Crippen molar-refractivity contribution in [3.05, 3.63) is 35.9 Å². The number of hydrogen-bond donors (Lipinski definition) is 5. The van der Waals surface area contributed by atoms with Crippen molar-refractivity contribution in [1.29, 1.82) is 0 Å². The van der Waals surface area contributed by atoms with Crippen LogP contribution in [0.15, 0.2) is 30.3 Å². The fraction of sp³-hybridized carbons (Fsp3) is 0.467. The Balaban J connectivity index is 0.000000409. The second-order valence-electron chi connectivity index (χ2n) is 4.71. The summed E-state index contributed by atoms with van der Waals surface area (Å²) in [6.07, 6.45) is 2.16. The first-order valence-corrected chi connectivity index (χ1v) is 7.12. The van der Waals surface area contributed by atoms with E-state index in [4.69, 9.17) is 21.7 Å². The summed E-state index contributed by atoms with van der Waals surface area (Å²) < 4.78 is 0. The third-order valence-electron chi connectivity index (χ3n) is 2.73. The van der Waals surface area contributed by atoms with E-state index in [-0.39, 0.29) is 6.54 Å². The van der Waals surface area contributed by atoms with Gasteiger partial charge in [0.2, 0.25) is 0 Å². The highest BCUT2D eigenvalue weighted by Crippen LogP contribution is 1.97. The van der Waals surface area contributed by atoms with Gasteiger partial charge in [-0.3, -0.25) is 9.59 Å². The van der Waals surface area contributed by atoms with Crippen molar-refractivity contribution in [3.8, 4) is 0 Å². The molecule has 1 aromatic rings. The van der Waals surface area contributed by atoms with Gasteiger partial charge in [-0.05, 0) is 24.9 Å². The van der Waals surface area contributed by atoms with Gasteiger partial charge in [0.15, 0.2) is 0 Å². The van der Waals surface area contributed by atoms with Crippen molar-refractivity contribution in [2.45, 2.75) is 31.8 Å². The summed E-state index contributed by atoms with van der Waals surface area (Å²) in [5, 5.41) is 19.5. The Hall–Kier alpha value is -1.96. The van der Waals surface area contributed by atoms with Gasteiger partial charge < -0.3 is 27.0 Å². The third kappa shape index (κ3) is 11.8. The third-order valence-corrected chi connectivity index (χ3v) is 2.73. The van der Waals surface area contributed by atoms with E-state index < -0.39 is 18.0 Å². The zero-order chi connectivity index (χ0) is 16.8. The van der Waals surface area contributed by atoms with Crippen LogP contribution in [-0.2, 0) is 16.1 Å². The van der Waals surface area contributed by atoms with Crippen LogP contribution in [-0.4, -0.2) is 41.3 Å². The second kappa shape index (κ2) is 12.8. The summed E-state index contributed by atoms with van der Waals surface area (Å²) in [6.45, 7) is 1.22. The monoisotopic (exact) mass is 311 g/mol. The van der Waals surface area contributed by atoms with Gasteiger partial charge in [0.1, 0.15) is 6.04 Å². The first-order valence-electron chi connectivity index (χ1n) is 7.12. The molecule has 0 aliphatic heterocycles. The lowest BCUT2D eigenvalue weighted by Gasteiger charge is -2.03. The first kappa shape index (κ1) is 20.0. The molecule has 0 aliphatic rings. The van der Waals surface area contributed by atoms with Gasteiger partial charge in [-0.1, -0.05) is 36.8 Å². The predicted octanol–water partition coefficient (Wildman–Crippen LogP) is 0.388. The predicted molar refractivity (Wildman–Crippen MR) is 84.3 cm³/mol. The molecule has 7 heteroatoms. The van der Waals surface area contributed by atoms with Crippen LogP contribution in [0.2, 0.25) is 0 Å². The Kier molecular flexibility index (Phi) is 11.6. The standard InChI is InChI=1S/C9H11NO2.C6H14N2O2/c11-9(12)7-10-6-8-4-2-1-3-5-8;7-4-2-1-3-5(8)6(9)10/h1-5,10H,6-7H2,(H,11,12);5H,1-4,7-8H2,(H,9,10). The zero-order valence-electron chi connectivity index (χ0n) is 12.6. The summed E-state index contributed by atoms with van der Waals surface area (Å²) in [5.74, 6) is -1.76. The highest BCUT2D eigenvalue weighted by atomic mass is 16.4. The van der Waals surface area contributed by atoms with Gasteiger partial charge in [-0.15, -0.1) is 0 Å². The Morgan fingerprint density at radius 1 is 1.14 bits per heavy atom. The maximum Gasteiger partial charge on any atom is 0.320 e. The van der Waals surface area contributed by atoms with Crippen molar-refractivity contribution in [2.24, 2.45) is 11.5 Å². The summed E-state index contributed by atoms with van der Waals surface area (Å²) in [6, 6.07) is 8.98. The lowest BCUT2D eigenvalue weighted by molar-refractivity contribution is -0.139. The number of carboxylic acids is 2. The lowest BCUT2D eigenvalue weighted by Crippen LogP contribution is -2.29. The van der Waals surface area contributed by atoms with Crippen molar-refractivity contribution < 1.29 is 19.8 Å². The van der Waals surface area contributed by atoms with E-state index in [1.165, 1.54) is 0 Å². The largest absolute Gasteiger partial charge is 0.480 e. The number of carboxylic acid groups (broad SMARTS) is 2. The lowest BCUT2D eigenvalue weighted by atomic mass is 10.1. The number of aliphatic carboxylic acids is 2. The van der Waals surface area contributed by atoms with E-state index in [9.17, 15) is 9.59 Å². The fourth-order valence-corrected chi connectivity index (χ4v) is 1.54. The molecule has 0 fully saturated rings. The molecule has 7 nitrogen and oxygen atoms in total. The van der Waals surface area contributed by atoms with E-state index in [1.54, 1.807) is 0 Å². The SMILES string of the molecule is NCCCCC(N)C(=O)O.O=C(O)CNCc1ccccc1. The summed E-state index contributed by atoms with van der Waals surface area (Å²) in [7, 11) is 0. The summed E-state index contributed by atoms with van der Waals surface area (Å²) in [5.41, 5.74) is 11.5. The highest BCUT2D eigenvalue weighted by Gasteiger charge is 2.09. The Bertz CT molecular complexity index is 426. The molecule has 22 heavy (non-hydrogen) atoms. The highest BCUT2D eigenvalue weighted by molar-refractivity contribution is 5.72. The number of carbonyl (C=O) groups is 2. The number of hydrogen-bond acceptors (Lipinski definition) is 5. The van der Waals surface area contributed by atoms with E-state index in [1.807, 2.05) is 30.3 Å². The molecule has 124 valence electrons. The van der Waals surface area contributed by atoms with Crippen LogP contribution in [0.25, 0.3) is 0 Å². The quantitative estimate of drug-likeness (QED) is 0.416. The normalized spacial score (nSPS) is 11.2. The van der Waals surface area contributed by atoms with Gasteiger partial charge in [-0.25, -0.2) is 0 Å². The van der Waals surface area contributed by atoms with Crippen LogP contribution in [0, 0.1) is 0 Å². The summed E-state index contributed by atoms with van der Waals surface area (Å²) >= 11 is 0. The number of nitrogens with two attached hydrogens (primary N) is 2. The van der Waals surface area contributed by atoms with Crippen LogP contribution >= 0.6 is 0 Å². The van der Waals surface area contributed by atoms with Gasteiger partial charge in [0.25, 0.3) is 0 Å². The topological polar surface area (TPSA) is 139 Å². The molecule has 1 unspecified atom stereocenters. The summed E-state index contributed by atoms with van der Waals surface area (Å²) in [4.78, 5) is 20.3. The molecular formula is C15H25N3O4. The maximum atomic E-state index is 10.1. The number of unbranched alkanes of at least 4 members (excludes halogenated alkanes) is 1. The zero-order valence-corrected chi connectivity index (χ0v) is 12.6. The maximum absolute atomic E-state index is 10.1. The number of benzene rings is 1. The van der Waals surface area contributed by atoms with Gasteiger partial charge in [0.05, 0.1) is 6.54 Å². The minimum Gasteiger partial charge on any atom is -0.480 e. The molecule has 7 N–H and O–H groups in total. The average molecular weight is 311 g/mol. The van der Waals surface area contributed by atoms with E-state index in [0.717, 1.165) is 18.4 Å². The van der Waals surface area contributed by atoms with E-state index in [0.29, 0.717) is 19.5 Å². The molecule has 1 atom stereocenters. The smallest absolute Gasteiger partial charge is 0.320 e. The van der Waals surface area contributed by atoms with Crippen LogP contribution < -0.4 is 16.8 Å². The minimum absolute atomic E-state index is 0.00882. The van der Waals surface area contributed by atoms with Crippen LogP contribution in [0.3, 0.4) is 0 Å². The number of nitrogens with one attached hydrogen (secondary N) is 1. The number of rotatable bonds is 9. The molecule has 0 saturated carbocycles. The average Bonchev–Trinajstić information content (AvgIpc) is 2.48. The van der Waals surface area contributed by atoms with Crippen molar-refractivity contribution in [1.82, 2.24) is 5.32 Å². The van der Waals surface area contributed by atoms with Gasteiger partial charge in [0, 0.05) is 6.54 Å². The van der Waals surface area contributed by atoms with E-state index >= 15 is 0 Å². The van der Waals surface area contributed by atoms with Crippen molar-refractivity contribution in [3.63, 3.8) is 0 Å². The molecule has 0 aromatic heterocycles. The molecule has 0 saturated heterocycles. The second-order valence-corrected chi connectivity index (χ2v) is 4.71. The Morgan fingerprint density at radius 3 is 2.27 bits per heavy atom. The Labute approximate surface area is 130 Å². The minimum atomic E-state index is -0.933. The molecule has 1 aromatic carbocycles. The molecule has 1 rings (SSSR count). The molecule has 0 radical (unpaired) electrons. The molecular weight excluding hydrogens is 286 g/mol. The van der Waals surface area contributed by atoms with Crippen molar-refractivity contribution >= 4 is 11.9 Å². The molecule has 0 amide bonds. The van der Waals surface area contributed by atoms with Gasteiger partial charge >= 0.3 is 11.9 Å². The molecule has 0 bridgehead atoms. The molecule has 0 spiro atoms. The van der Waals surface area contributed by atoms with Crippen LogP contribution in [0.4, 0.5) is 0 Å². The van der Waals surface area contributed by atoms with Crippen molar-refractivity contribution in [2.75, 3.05) is 13.1 Å². The Morgan fingerprint density at radius 2 is 1.77 bits per heavy atom. The first-order chi connectivity index (χ1) is 10.5. The van der Waals surface area contributed by atoms with Gasteiger partial charge in [-0.2, -0.15) is 0 Å².